The van der Waals surface area contributed by atoms with Crippen LogP contribution in [0.15, 0.2) is 29.3 Å². The van der Waals surface area contributed by atoms with E-state index in [-0.39, 0.29) is 0 Å². The molecule has 0 bridgehead atoms. The van der Waals surface area contributed by atoms with E-state index in [9.17, 15) is 0 Å². The van der Waals surface area contributed by atoms with Crippen molar-refractivity contribution in [2.24, 2.45) is 4.99 Å². The topological polar surface area (TPSA) is 27.6 Å². The largest absolute Gasteiger partial charge is 0.331 e. The Hall–Kier alpha value is -1.35. The third kappa shape index (κ3) is 1.77. The summed E-state index contributed by atoms with van der Waals surface area (Å²) in [4.78, 5) is 6.42. The van der Waals surface area contributed by atoms with Gasteiger partial charge in [-0.2, -0.15) is 0 Å². The zero-order valence-corrected chi connectivity index (χ0v) is 8.40. The second-order valence-electron chi connectivity index (χ2n) is 3.37. The number of hydrogen-bond acceptors (Lipinski definition) is 3. The molecule has 14 heavy (non-hydrogen) atoms. The molecule has 1 aromatic rings. The first-order chi connectivity index (χ1) is 6.92. The molecular weight excluding hydrogens is 174 g/mol. The summed E-state index contributed by atoms with van der Waals surface area (Å²) in [6.07, 6.45) is 1.93. The van der Waals surface area contributed by atoms with Gasteiger partial charge >= 0.3 is 0 Å². The van der Waals surface area contributed by atoms with Crippen LogP contribution in [0.25, 0.3) is 0 Å². The van der Waals surface area contributed by atoms with Crippen molar-refractivity contribution in [3.8, 4) is 0 Å². The summed E-state index contributed by atoms with van der Waals surface area (Å²) in [6.45, 7) is 2.81. The number of para-hydroxylation sites is 1. The maximum Gasteiger partial charge on any atom is 0.0895 e. The quantitative estimate of drug-likeness (QED) is 0.775. The molecule has 1 aliphatic heterocycles. The van der Waals surface area contributed by atoms with Gasteiger partial charge in [-0.25, -0.2) is 0 Å². The summed E-state index contributed by atoms with van der Waals surface area (Å²) in [6, 6.07) is 8.44. The maximum atomic E-state index is 4.22. The van der Waals surface area contributed by atoms with Gasteiger partial charge in [0.15, 0.2) is 0 Å². The molecule has 3 nitrogen and oxygen atoms in total. The van der Waals surface area contributed by atoms with E-state index in [1.54, 1.807) is 0 Å². The highest BCUT2D eigenvalue weighted by Gasteiger charge is 2.10. The minimum absolute atomic E-state index is 0.903. The van der Waals surface area contributed by atoms with Gasteiger partial charge in [0.2, 0.25) is 0 Å². The molecule has 1 aromatic carbocycles. The molecule has 0 saturated carbocycles. The zero-order valence-electron chi connectivity index (χ0n) is 8.40. The normalized spacial score (nSPS) is 15.1. The highest BCUT2D eigenvalue weighted by Crippen LogP contribution is 2.20. The highest BCUT2D eigenvalue weighted by molar-refractivity contribution is 5.82. The summed E-state index contributed by atoms with van der Waals surface area (Å²) in [5.41, 5.74) is 2.59. The summed E-state index contributed by atoms with van der Waals surface area (Å²) < 4.78 is 0. The highest BCUT2D eigenvalue weighted by atomic mass is 15.2. The number of benzene rings is 1. The lowest BCUT2D eigenvalue weighted by molar-refractivity contribution is 0.815. The molecule has 2 rings (SSSR count). The van der Waals surface area contributed by atoms with E-state index in [0.717, 1.165) is 19.6 Å². The number of nitrogens with zero attached hydrogens (tertiary/aromatic N) is 2. The summed E-state index contributed by atoms with van der Waals surface area (Å²) in [5, 5.41) is 3.18. The summed E-state index contributed by atoms with van der Waals surface area (Å²) in [7, 11) is 1.97. The van der Waals surface area contributed by atoms with Gasteiger partial charge in [0.1, 0.15) is 0 Å². The van der Waals surface area contributed by atoms with E-state index < -0.39 is 0 Å². The smallest absolute Gasteiger partial charge is 0.0895 e. The van der Waals surface area contributed by atoms with Gasteiger partial charge in [0.25, 0.3) is 0 Å². The fraction of sp³-hybridized carbons (Fsp3) is 0.364. The van der Waals surface area contributed by atoms with E-state index in [1.165, 1.54) is 11.3 Å². The van der Waals surface area contributed by atoms with Crippen molar-refractivity contribution in [2.75, 3.05) is 25.0 Å². The Labute approximate surface area is 84.5 Å². The SMILES string of the molecule is CNCc1ccccc1N1C=NCC1. The fourth-order valence-electron chi connectivity index (χ4n) is 1.69. The molecule has 74 valence electrons. The Morgan fingerprint density at radius 3 is 3.00 bits per heavy atom. The first kappa shape index (κ1) is 9.21. The van der Waals surface area contributed by atoms with Crippen LogP contribution >= 0.6 is 0 Å². The molecule has 0 aliphatic carbocycles. The van der Waals surface area contributed by atoms with Gasteiger partial charge in [-0.3, -0.25) is 4.99 Å². The Kier molecular flexibility index (Phi) is 2.79. The van der Waals surface area contributed by atoms with Gasteiger partial charge in [-0.1, -0.05) is 18.2 Å². The van der Waals surface area contributed by atoms with Crippen LogP contribution in [0.1, 0.15) is 5.56 Å². The molecule has 3 heteroatoms. The van der Waals surface area contributed by atoms with Crippen molar-refractivity contribution in [2.45, 2.75) is 6.54 Å². The van der Waals surface area contributed by atoms with Crippen LogP contribution in [0.5, 0.6) is 0 Å². The predicted molar refractivity (Wildman–Crippen MR) is 59.9 cm³/mol. The van der Waals surface area contributed by atoms with Crippen LogP contribution in [0, 0.1) is 0 Å². The Morgan fingerprint density at radius 2 is 2.29 bits per heavy atom. The van der Waals surface area contributed by atoms with Crippen LogP contribution in [0.2, 0.25) is 0 Å². The number of nitrogens with one attached hydrogen (secondary N) is 1. The first-order valence-electron chi connectivity index (χ1n) is 4.91. The van der Waals surface area contributed by atoms with Crippen LogP contribution in [0.3, 0.4) is 0 Å². The minimum atomic E-state index is 0.903. The van der Waals surface area contributed by atoms with E-state index in [1.807, 2.05) is 13.4 Å². The van der Waals surface area contributed by atoms with E-state index in [2.05, 4.69) is 39.5 Å². The van der Waals surface area contributed by atoms with Gasteiger partial charge < -0.3 is 10.2 Å². The summed E-state index contributed by atoms with van der Waals surface area (Å²) in [5.74, 6) is 0. The lowest BCUT2D eigenvalue weighted by atomic mass is 10.1. The summed E-state index contributed by atoms with van der Waals surface area (Å²) >= 11 is 0. The number of anilines is 1. The number of aliphatic imine (C=N–C) groups is 1. The average molecular weight is 189 g/mol. The third-order valence-electron chi connectivity index (χ3n) is 2.36. The van der Waals surface area contributed by atoms with Crippen molar-refractivity contribution in [3.05, 3.63) is 29.8 Å². The molecule has 0 amide bonds. The van der Waals surface area contributed by atoms with Gasteiger partial charge in [0.05, 0.1) is 12.9 Å². The molecule has 0 saturated heterocycles. The average Bonchev–Trinajstić information content (AvgIpc) is 2.72. The second-order valence-corrected chi connectivity index (χ2v) is 3.37. The first-order valence-corrected chi connectivity index (χ1v) is 4.91. The Bertz CT molecular complexity index is 333. The molecular formula is C11H15N3. The molecule has 1 aliphatic rings. The van der Waals surface area contributed by atoms with Crippen LogP contribution in [-0.4, -0.2) is 26.5 Å². The number of rotatable bonds is 3. The molecule has 1 heterocycles. The fourth-order valence-corrected chi connectivity index (χ4v) is 1.69. The molecule has 0 radical (unpaired) electrons. The van der Waals surface area contributed by atoms with Gasteiger partial charge in [-0.15, -0.1) is 0 Å². The molecule has 0 atom stereocenters. The van der Waals surface area contributed by atoms with Crippen molar-refractivity contribution >= 4 is 12.0 Å². The standard InChI is InChI=1S/C11H15N3/c1-12-8-10-4-2-3-5-11(10)14-7-6-13-9-14/h2-5,9,12H,6-8H2,1H3. The van der Waals surface area contributed by atoms with Crippen molar-refractivity contribution in [1.29, 1.82) is 0 Å². The van der Waals surface area contributed by atoms with Gasteiger partial charge in [-0.05, 0) is 18.7 Å². The van der Waals surface area contributed by atoms with E-state index in [4.69, 9.17) is 0 Å². The Balaban J connectivity index is 2.26. The maximum absolute atomic E-state index is 4.22. The van der Waals surface area contributed by atoms with Crippen molar-refractivity contribution in [3.63, 3.8) is 0 Å². The van der Waals surface area contributed by atoms with Crippen LogP contribution < -0.4 is 10.2 Å². The molecule has 0 aromatic heterocycles. The van der Waals surface area contributed by atoms with Crippen molar-refractivity contribution < 1.29 is 0 Å². The molecule has 1 N–H and O–H groups in total. The monoisotopic (exact) mass is 189 g/mol. The second kappa shape index (κ2) is 4.24. The van der Waals surface area contributed by atoms with Gasteiger partial charge in [0, 0.05) is 18.8 Å². The van der Waals surface area contributed by atoms with E-state index >= 15 is 0 Å². The minimum Gasteiger partial charge on any atom is -0.331 e. The third-order valence-corrected chi connectivity index (χ3v) is 2.36. The zero-order chi connectivity index (χ0) is 9.80. The molecule has 0 unspecified atom stereocenters. The Morgan fingerprint density at radius 1 is 1.43 bits per heavy atom. The van der Waals surface area contributed by atoms with Crippen molar-refractivity contribution in [1.82, 2.24) is 5.32 Å². The lowest BCUT2D eigenvalue weighted by Crippen LogP contribution is -2.21. The van der Waals surface area contributed by atoms with Crippen LogP contribution in [0.4, 0.5) is 5.69 Å². The molecule has 0 fully saturated rings. The molecule has 0 spiro atoms. The predicted octanol–water partition coefficient (Wildman–Crippen LogP) is 1.25. The van der Waals surface area contributed by atoms with E-state index in [0.29, 0.717) is 0 Å². The number of hydrogen-bond donors (Lipinski definition) is 1. The van der Waals surface area contributed by atoms with Crippen LogP contribution in [-0.2, 0) is 6.54 Å². The lowest BCUT2D eigenvalue weighted by Gasteiger charge is -2.18.